The summed E-state index contributed by atoms with van der Waals surface area (Å²) in [6, 6.07) is 19.5. The van der Waals surface area contributed by atoms with Crippen molar-refractivity contribution in [1.29, 1.82) is 0 Å². The number of hydrogen-bond donors (Lipinski definition) is 1. The van der Waals surface area contributed by atoms with Crippen LogP contribution < -0.4 is 24.4 Å². The van der Waals surface area contributed by atoms with Crippen LogP contribution in [-0.2, 0) is 0 Å². The largest absolute Gasteiger partial charge is 0.493 e. The van der Waals surface area contributed by atoms with Gasteiger partial charge in [-0.15, -0.1) is 11.3 Å². The van der Waals surface area contributed by atoms with E-state index >= 15 is 0 Å². The number of rotatable bonds is 10. The molecule has 43 heavy (non-hydrogen) atoms. The van der Waals surface area contributed by atoms with Crippen molar-refractivity contribution in [2.45, 2.75) is 0 Å². The number of anilines is 3. The molecule has 0 fully saturated rings. The van der Waals surface area contributed by atoms with Gasteiger partial charge in [0.15, 0.2) is 22.3 Å². The second kappa shape index (κ2) is 12.1. The number of nitrogens with zero attached hydrogens (tertiary/aromatic N) is 6. The van der Waals surface area contributed by atoms with Crippen LogP contribution in [0.1, 0.15) is 0 Å². The van der Waals surface area contributed by atoms with E-state index in [1.807, 2.05) is 55.9 Å². The van der Waals surface area contributed by atoms with Crippen molar-refractivity contribution < 1.29 is 18.7 Å². The first-order valence-electron chi connectivity index (χ1n) is 13.0. The van der Waals surface area contributed by atoms with Gasteiger partial charge in [0, 0.05) is 59.1 Å². The normalized spacial score (nSPS) is 10.9. The molecule has 3 aromatic carbocycles. The van der Waals surface area contributed by atoms with Crippen molar-refractivity contribution in [2.24, 2.45) is 0 Å². The summed E-state index contributed by atoms with van der Waals surface area (Å²) in [5, 5.41) is 10.8. The van der Waals surface area contributed by atoms with Crippen LogP contribution in [0.4, 0.5) is 16.5 Å². The van der Waals surface area contributed by atoms with Crippen molar-refractivity contribution in [3.63, 3.8) is 0 Å². The quantitative estimate of drug-likeness (QED) is 0.174. The van der Waals surface area contributed by atoms with Crippen LogP contribution >= 0.6 is 22.9 Å². The zero-order chi connectivity index (χ0) is 29.9. The van der Waals surface area contributed by atoms with E-state index in [0.29, 0.717) is 44.9 Å². The zero-order valence-electron chi connectivity index (χ0n) is 24.0. The van der Waals surface area contributed by atoms with Crippen molar-refractivity contribution >= 4 is 39.4 Å². The molecule has 0 aliphatic heterocycles. The molecule has 0 saturated heterocycles. The molecule has 1 N–H and O–H groups in total. The number of thiazole rings is 1. The molecule has 0 aliphatic carbocycles. The average molecular weight is 614 g/mol. The molecule has 13 heteroatoms. The first-order chi connectivity index (χ1) is 20.9. The Morgan fingerprint density at radius 1 is 0.767 bits per heavy atom. The fraction of sp³-hybridized carbons (Fsp3) is 0.167. The Hall–Kier alpha value is -5.01. The van der Waals surface area contributed by atoms with Crippen LogP contribution in [-0.4, -0.2) is 59.9 Å². The first-order valence-corrected chi connectivity index (χ1v) is 14.7. The van der Waals surface area contributed by atoms with Gasteiger partial charge >= 0.3 is 0 Å². The summed E-state index contributed by atoms with van der Waals surface area (Å²) in [6.45, 7) is 0. The summed E-state index contributed by atoms with van der Waals surface area (Å²) < 4.78 is 26.4. The van der Waals surface area contributed by atoms with E-state index in [1.165, 1.54) is 22.9 Å². The molecule has 0 amide bonds. The van der Waals surface area contributed by atoms with Crippen LogP contribution in [0.5, 0.6) is 17.2 Å². The third-order valence-electron chi connectivity index (χ3n) is 6.54. The van der Waals surface area contributed by atoms with Crippen LogP contribution in [0.15, 0.2) is 70.6 Å². The Labute approximate surface area is 255 Å². The van der Waals surface area contributed by atoms with Gasteiger partial charge in [-0.05, 0) is 48.5 Å². The molecule has 6 rings (SSSR count). The van der Waals surface area contributed by atoms with Crippen LogP contribution in [0, 0.1) is 0 Å². The van der Waals surface area contributed by atoms with Crippen molar-refractivity contribution in [2.75, 3.05) is 45.6 Å². The lowest BCUT2D eigenvalue weighted by Gasteiger charge is -2.12. The number of methoxy groups -OCH3 is 3. The minimum atomic E-state index is 0.381. The molecule has 11 nitrogen and oxygen atoms in total. The summed E-state index contributed by atoms with van der Waals surface area (Å²) in [7, 11) is 8.74. The highest BCUT2D eigenvalue weighted by atomic mass is 32.1. The summed E-state index contributed by atoms with van der Waals surface area (Å²) in [5.74, 6) is 2.98. The van der Waals surface area contributed by atoms with Crippen LogP contribution in [0.25, 0.3) is 44.9 Å². The van der Waals surface area contributed by atoms with E-state index in [2.05, 4.69) is 54.0 Å². The molecule has 3 aromatic heterocycles. The molecule has 0 bridgehead atoms. The summed E-state index contributed by atoms with van der Waals surface area (Å²) in [6.07, 6.45) is 0. The van der Waals surface area contributed by atoms with Crippen molar-refractivity contribution in [3.8, 4) is 62.2 Å². The Morgan fingerprint density at radius 3 is 2.12 bits per heavy atom. The standard InChI is InChI=1S/C30H27N7O4S2/c1-37(2)21-12-8-17(9-13-21)22-16-42-29(32-22)28-33-26(35-41-28)18-6-10-20(11-7-18)31-30-34-27(36-43-30)19-14-23(38-3)25(40-5)24(15-19)39-4/h6-16H,1-5H3,(H,31,34,36). The van der Waals surface area contributed by atoms with Gasteiger partial charge in [-0.25, -0.2) is 4.98 Å². The van der Waals surface area contributed by atoms with Gasteiger partial charge in [0.2, 0.25) is 16.7 Å². The van der Waals surface area contributed by atoms with Gasteiger partial charge in [0.1, 0.15) is 0 Å². The fourth-order valence-corrected chi connectivity index (χ4v) is 5.65. The van der Waals surface area contributed by atoms with Gasteiger partial charge in [0.05, 0.1) is 27.0 Å². The lowest BCUT2D eigenvalue weighted by atomic mass is 10.1. The topological polar surface area (TPSA) is 121 Å². The monoisotopic (exact) mass is 613 g/mol. The van der Waals surface area contributed by atoms with E-state index in [1.54, 1.807) is 21.3 Å². The summed E-state index contributed by atoms with van der Waals surface area (Å²) in [4.78, 5) is 16.0. The maximum atomic E-state index is 5.55. The number of aromatic nitrogens is 5. The SMILES string of the molecule is COc1cc(-c2nsc(Nc3ccc(-c4noc(-c5nc(-c6ccc(N(C)C)cc6)cs5)n4)cc3)n2)cc(OC)c1OC. The number of nitrogens with one attached hydrogen (secondary N) is 1. The minimum Gasteiger partial charge on any atom is -0.493 e. The maximum absolute atomic E-state index is 5.55. The number of hydrogen-bond acceptors (Lipinski definition) is 13. The molecule has 0 atom stereocenters. The van der Waals surface area contributed by atoms with Crippen LogP contribution in [0.3, 0.4) is 0 Å². The van der Waals surface area contributed by atoms with Gasteiger partial charge in [-0.3, -0.25) is 0 Å². The highest BCUT2D eigenvalue weighted by molar-refractivity contribution is 7.13. The van der Waals surface area contributed by atoms with Gasteiger partial charge < -0.3 is 29.0 Å². The van der Waals surface area contributed by atoms with Crippen molar-refractivity contribution in [3.05, 3.63) is 66.0 Å². The Morgan fingerprint density at radius 2 is 1.47 bits per heavy atom. The first kappa shape index (κ1) is 28.1. The predicted octanol–water partition coefficient (Wildman–Crippen LogP) is 6.88. The summed E-state index contributed by atoms with van der Waals surface area (Å²) >= 11 is 2.71. The molecule has 0 radical (unpaired) electrons. The molecule has 0 saturated carbocycles. The van der Waals surface area contributed by atoms with E-state index in [4.69, 9.17) is 23.7 Å². The van der Waals surface area contributed by atoms with Gasteiger partial charge in [0.25, 0.3) is 5.89 Å². The molecule has 0 spiro atoms. The molecular formula is C30H27N7O4S2. The molecule has 0 aliphatic rings. The third-order valence-corrected chi connectivity index (χ3v) is 8.00. The molecule has 3 heterocycles. The van der Waals surface area contributed by atoms with Gasteiger partial charge in [-0.1, -0.05) is 17.3 Å². The molecule has 218 valence electrons. The highest BCUT2D eigenvalue weighted by Crippen LogP contribution is 2.41. The Kier molecular flexibility index (Phi) is 7.90. The number of benzene rings is 3. The minimum absolute atomic E-state index is 0.381. The third kappa shape index (κ3) is 5.85. The Balaban J connectivity index is 1.14. The molecule has 6 aromatic rings. The smallest absolute Gasteiger partial charge is 0.287 e. The van der Waals surface area contributed by atoms with E-state index in [9.17, 15) is 0 Å². The maximum Gasteiger partial charge on any atom is 0.287 e. The molecule has 0 unspecified atom stereocenters. The van der Waals surface area contributed by atoms with E-state index < -0.39 is 0 Å². The molecular weight excluding hydrogens is 587 g/mol. The van der Waals surface area contributed by atoms with Crippen molar-refractivity contribution in [1.82, 2.24) is 24.5 Å². The fourth-order valence-electron chi connectivity index (χ4n) is 4.29. The highest BCUT2D eigenvalue weighted by Gasteiger charge is 2.18. The lowest BCUT2D eigenvalue weighted by Crippen LogP contribution is -2.07. The number of ether oxygens (including phenoxy) is 3. The Bertz CT molecular complexity index is 1820. The van der Waals surface area contributed by atoms with E-state index in [-0.39, 0.29) is 0 Å². The lowest BCUT2D eigenvalue weighted by molar-refractivity contribution is 0.324. The zero-order valence-corrected chi connectivity index (χ0v) is 25.6. The predicted molar refractivity (Wildman–Crippen MR) is 169 cm³/mol. The second-order valence-corrected chi connectivity index (χ2v) is 11.1. The average Bonchev–Trinajstić information content (AvgIpc) is 3.82. The second-order valence-electron chi connectivity index (χ2n) is 9.44. The van der Waals surface area contributed by atoms with Crippen LogP contribution in [0.2, 0.25) is 0 Å². The van der Waals surface area contributed by atoms with Gasteiger partial charge in [-0.2, -0.15) is 14.3 Å². The summed E-state index contributed by atoms with van der Waals surface area (Å²) in [5.41, 5.74) is 5.42. The van der Waals surface area contributed by atoms with E-state index in [0.717, 1.165) is 33.8 Å².